The van der Waals surface area contributed by atoms with Gasteiger partial charge in [0.1, 0.15) is 5.82 Å². The lowest BCUT2D eigenvalue weighted by atomic mass is 10.2. The van der Waals surface area contributed by atoms with Crippen LogP contribution in [0.1, 0.15) is 25.5 Å². The molecule has 3 N–H and O–H groups in total. The third kappa shape index (κ3) is 3.17. The lowest BCUT2D eigenvalue weighted by Gasteiger charge is -2.13. The van der Waals surface area contributed by atoms with E-state index in [4.69, 9.17) is 12.2 Å². The van der Waals surface area contributed by atoms with E-state index in [1.165, 1.54) is 0 Å². The molecule has 0 saturated heterocycles. The molecule has 3 nitrogen and oxygen atoms in total. The Kier molecular flexibility index (Phi) is 3.99. The monoisotopic (exact) mass is 203 g/mol. The maximum atomic E-state index is 5.68. The molecule has 15 heavy (non-hydrogen) atoms. The first-order valence-electron chi connectivity index (χ1n) is 5.13. The van der Waals surface area contributed by atoms with Gasteiger partial charge >= 0.3 is 0 Å². The van der Waals surface area contributed by atoms with Crippen LogP contribution in [-0.2, 0) is 0 Å². The minimum Gasteiger partial charge on any atom is -0.397 e. The van der Waals surface area contributed by atoms with E-state index in [1.807, 2.05) is 19.1 Å². The smallest absolute Gasteiger partial charge is 0.127 e. The largest absolute Gasteiger partial charge is 0.397 e. The fourth-order valence-electron chi connectivity index (χ4n) is 1.32. The lowest BCUT2D eigenvalue weighted by Crippen LogP contribution is -2.17. The minimum atomic E-state index is 0.0468. The zero-order valence-corrected chi connectivity index (χ0v) is 9.25. The summed E-state index contributed by atoms with van der Waals surface area (Å²) in [7, 11) is 0. The predicted molar refractivity (Wildman–Crippen MR) is 64.5 cm³/mol. The number of aryl methyl sites for hydroxylation is 1. The van der Waals surface area contributed by atoms with E-state index in [-0.39, 0.29) is 6.04 Å². The molecule has 0 radical (unpaired) electrons. The minimum absolute atomic E-state index is 0.0468. The highest BCUT2D eigenvalue weighted by Crippen LogP contribution is 2.13. The quantitative estimate of drug-likeness (QED) is 0.737. The zero-order chi connectivity index (χ0) is 11.3. The van der Waals surface area contributed by atoms with E-state index in [2.05, 4.69) is 23.1 Å². The number of nitrogens with zero attached hydrogens (tertiary/aromatic N) is 1. The fraction of sp³-hybridized carbons (Fsp3) is 0.417. The van der Waals surface area contributed by atoms with E-state index < -0.39 is 0 Å². The molecule has 1 rings (SSSR count). The molecule has 3 heteroatoms. The van der Waals surface area contributed by atoms with Crippen molar-refractivity contribution in [2.45, 2.75) is 32.7 Å². The molecule has 1 aromatic rings. The van der Waals surface area contributed by atoms with Gasteiger partial charge in [-0.3, -0.25) is 0 Å². The Bertz CT molecular complexity index is 366. The first-order chi connectivity index (χ1) is 7.17. The number of pyridine rings is 1. The topological polar surface area (TPSA) is 50.9 Å². The fourth-order valence-corrected chi connectivity index (χ4v) is 1.32. The van der Waals surface area contributed by atoms with Gasteiger partial charge < -0.3 is 11.1 Å². The average Bonchev–Trinajstić information content (AvgIpc) is 2.23. The van der Waals surface area contributed by atoms with Crippen LogP contribution in [-0.4, -0.2) is 11.0 Å². The van der Waals surface area contributed by atoms with E-state index in [1.54, 1.807) is 0 Å². The number of hydrogen-bond acceptors (Lipinski definition) is 3. The van der Waals surface area contributed by atoms with Gasteiger partial charge in [-0.15, -0.1) is 6.42 Å². The highest BCUT2D eigenvalue weighted by Gasteiger charge is 2.04. The predicted octanol–water partition coefficient (Wildman–Crippen LogP) is 2.19. The number of terminal acetylenes is 1. The van der Waals surface area contributed by atoms with Gasteiger partial charge in [0.2, 0.25) is 0 Å². The Balaban J connectivity index is 2.72. The molecule has 1 heterocycles. The number of aromatic nitrogens is 1. The molecule has 1 aromatic heterocycles. The van der Waals surface area contributed by atoms with Crippen LogP contribution in [0.25, 0.3) is 0 Å². The molecule has 0 aromatic carbocycles. The molecule has 0 bridgehead atoms. The van der Waals surface area contributed by atoms with Crippen molar-refractivity contribution in [2.24, 2.45) is 0 Å². The summed E-state index contributed by atoms with van der Waals surface area (Å²) in [6.07, 6.45) is 7.41. The number of anilines is 2. The van der Waals surface area contributed by atoms with E-state index in [0.29, 0.717) is 5.69 Å². The van der Waals surface area contributed by atoms with Crippen LogP contribution in [0, 0.1) is 19.3 Å². The molecule has 0 amide bonds. The van der Waals surface area contributed by atoms with Gasteiger partial charge in [0.05, 0.1) is 17.4 Å². The first kappa shape index (κ1) is 11.4. The molecular formula is C12H17N3. The second-order valence-corrected chi connectivity index (χ2v) is 3.52. The van der Waals surface area contributed by atoms with Gasteiger partial charge in [0, 0.05) is 0 Å². The molecule has 0 aliphatic rings. The molecule has 0 aliphatic carbocycles. The van der Waals surface area contributed by atoms with Crippen LogP contribution in [0.2, 0.25) is 0 Å². The number of nitrogen functional groups attached to an aromatic ring is 1. The van der Waals surface area contributed by atoms with Crippen molar-refractivity contribution in [2.75, 3.05) is 11.1 Å². The van der Waals surface area contributed by atoms with Crippen molar-refractivity contribution in [3.8, 4) is 12.3 Å². The van der Waals surface area contributed by atoms with Crippen molar-refractivity contribution >= 4 is 11.5 Å². The molecule has 0 aliphatic heterocycles. The van der Waals surface area contributed by atoms with Crippen LogP contribution in [0.3, 0.4) is 0 Å². The van der Waals surface area contributed by atoms with E-state index in [0.717, 1.165) is 24.4 Å². The second kappa shape index (κ2) is 5.26. The van der Waals surface area contributed by atoms with Crippen molar-refractivity contribution < 1.29 is 0 Å². The third-order valence-electron chi connectivity index (χ3n) is 2.23. The summed E-state index contributed by atoms with van der Waals surface area (Å²) in [5.74, 6) is 3.49. The summed E-state index contributed by atoms with van der Waals surface area (Å²) in [5.41, 5.74) is 7.21. The molecule has 1 unspecified atom stereocenters. The standard InChI is InChI=1S/C12H17N3/c1-4-6-10(5-2)15-12-8-7-11(13)9(3)14-12/h2,7-8,10H,4,6,13H2,1,3H3,(H,14,15). The zero-order valence-electron chi connectivity index (χ0n) is 9.25. The molecular weight excluding hydrogens is 186 g/mol. The maximum absolute atomic E-state index is 5.68. The van der Waals surface area contributed by atoms with Crippen LogP contribution in [0.5, 0.6) is 0 Å². The van der Waals surface area contributed by atoms with E-state index in [9.17, 15) is 0 Å². The molecule has 0 saturated carbocycles. The second-order valence-electron chi connectivity index (χ2n) is 3.52. The Morgan fingerprint density at radius 1 is 1.60 bits per heavy atom. The number of hydrogen-bond donors (Lipinski definition) is 2. The van der Waals surface area contributed by atoms with E-state index >= 15 is 0 Å². The summed E-state index contributed by atoms with van der Waals surface area (Å²) in [5, 5.41) is 3.19. The van der Waals surface area contributed by atoms with Crippen molar-refractivity contribution in [1.82, 2.24) is 4.98 Å². The summed E-state index contributed by atoms with van der Waals surface area (Å²) in [4.78, 5) is 4.31. The van der Waals surface area contributed by atoms with Crippen LogP contribution < -0.4 is 11.1 Å². The molecule has 0 spiro atoms. The van der Waals surface area contributed by atoms with Gasteiger partial charge in [-0.1, -0.05) is 19.3 Å². The maximum Gasteiger partial charge on any atom is 0.127 e. The van der Waals surface area contributed by atoms with Crippen molar-refractivity contribution in [3.63, 3.8) is 0 Å². The van der Waals surface area contributed by atoms with Crippen LogP contribution >= 0.6 is 0 Å². The SMILES string of the molecule is C#CC(CCC)Nc1ccc(N)c(C)n1. The average molecular weight is 203 g/mol. The highest BCUT2D eigenvalue weighted by atomic mass is 15.0. The third-order valence-corrected chi connectivity index (χ3v) is 2.23. The normalized spacial score (nSPS) is 11.8. The Morgan fingerprint density at radius 2 is 2.33 bits per heavy atom. The van der Waals surface area contributed by atoms with Gasteiger partial charge in [0.15, 0.2) is 0 Å². The summed E-state index contributed by atoms with van der Waals surface area (Å²) >= 11 is 0. The summed E-state index contributed by atoms with van der Waals surface area (Å²) in [6, 6.07) is 3.73. The van der Waals surface area contributed by atoms with Crippen LogP contribution in [0.15, 0.2) is 12.1 Å². The Hall–Kier alpha value is -1.69. The molecule has 80 valence electrons. The Morgan fingerprint density at radius 3 is 2.87 bits per heavy atom. The van der Waals surface area contributed by atoms with Crippen LogP contribution in [0.4, 0.5) is 11.5 Å². The van der Waals surface area contributed by atoms with Gasteiger partial charge in [-0.25, -0.2) is 4.98 Å². The van der Waals surface area contributed by atoms with Gasteiger partial charge in [-0.2, -0.15) is 0 Å². The Labute approximate surface area is 91.1 Å². The molecule has 1 atom stereocenters. The van der Waals surface area contributed by atoms with Crippen molar-refractivity contribution in [1.29, 1.82) is 0 Å². The number of nitrogens with two attached hydrogens (primary N) is 1. The lowest BCUT2D eigenvalue weighted by molar-refractivity contribution is 0.752. The highest BCUT2D eigenvalue weighted by molar-refractivity contribution is 5.49. The first-order valence-corrected chi connectivity index (χ1v) is 5.13. The van der Waals surface area contributed by atoms with Crippen molar-refractivity contribution in [3.05, 3.63) is 17.8 Å². The number of rotatable bonds is 4. The summed E-state index contributed by atoms with van der Waals surface area (Å²) < 4.78 is 0. The summed E-state index contributed by atoms with van der Waals surface area (Å²) in [6.45, 7) is 3.99. The molecule has 0 fully saturated rings. The van der Waals surface area contributed by atoms with Gasteiger partial charge in [0.25, 0.3) is 0 Å². The number of nitrogens with one attached hydrogen (secondary N) is 1. The van der Waals surface area contributed by atoms with Gasteiger partial charge in [-0.05, 0) is 25.5 Å².